The van der Waals surface area contributed by atoms with Gasteiger partial charge in [-0.2, -0.15) is 4.31 Å². The molecule has 0 aromatic heterocycles. The van der Waals surface area contributed by atoms with E-state index >= 15 is 0 Å². The van der Waals surface area contributed by atoms with Crippen molar-refractivity contribution in [1.29, 1.82) is 0 Å². The first kappa shape index (κ1) is 31.1. The summed E-state index contributed by atoms with van der Waals surface area (Å²) >= 11 is 6.24. The molecule has 1 N–H and O–H groups in total. The summed E-state index contributed by atoms with van der Waals surface area (Å²) in [6, 6.07) is 10.6. The highest BCUT2D eigenvalue weighted by Crippen LogP contribution is 2.28. The van der Waals surface area contributed by atoms with Gasteiger partial charge in [0.2, 0.25) is 10.0 Å². The summed E-state index contributed by atoms with van der Waals surface area (Å²) in [5, 5.41) is 2.82. The highest BCUT2D eigenvalue weighted by molar-refractivity contribution is 7.89. The van der Waals surface area contributed by atoms with Crippen LogP contribution in [-0.4, -0.2) is 68.8 Å². The number of hydrogen-bond donors (Lipinski definition) is 1. The number of carbonyl (C=O) groups is 2. The predicted molar refractivity (Wildman–Crippen MR) is 148 cm³/mol. The summed E-state index contributed by atoms with van der Waals surface area (Å²) in [7, 11) is -3.81. The third-order valence-electron chi connectivity index (χ3n) is 6.29. The standard InChI is InChI=1S/C26H34ClN3O5S.ClH/c1-3-29(4-2)17-18-35-26(32)20-9-12-22(13-10-20)28-25(31)21-11-14-23(27)24(19-21)36(33,34)30-15-7-5-6-8-16-30;/h9-14,19H,3-8,15-18H2,1-2H3,(H,28,31);1H. The molecule has 0 spiro atoms. The number of hydrogen-bond acceptors (Lipinski definition) is 6. The van der Waals surface area contributed by atoms with Crippen molar-refractivity contribution in [3.63, 3.8) is 0 Å². The Morgan fingerprint density at radius 2 is 1.57 bits per heavy atom. The lowest BCUT2D eigenvalue weighted by molar-refractivity contribution is 0.0466. The zero-order valence-corrected chi connectivity index (χ0v) is 23.6. The zero-order chi connectivity index (χ0) is 26.1. The summed E-state index contributed by atoms with van der Waals surface area (Å²) in [4.78, 5) is 27.2. The fraction of sp³-hybridized carbons (Fsp3) is 0.462. The third-order valence-corrected chi connectivity index (χ3v) is 8.67. The monoisotopic (exact) mass is 571 g/mol. The van der Waals surface area contributed by atoms with Crippen LogP contribution in [-0.2, 0) is 14.8 Å². The van der Waals surface area contributed by atoms with Gasteiger partial charge in [-0.15, -0.1) is 12.4 Å². The number of halogens is 2. The van der Waals surface area contributed by atoms with Gasteiger partial charge in [0, 0.05) is 30.9 Å². The van der Waals surface area contributed by atoms with Gasteiger partial charge < -0.3 is 15.0 Å². The maximum absolute atomic E-state index is 13.2. The van der Waals surface area contributed by atoms with E-state index in [1.807, 2.05) is 0 Å². The minimum atomic E-state index is -3.81. The highest BCUT2D eigenvalue weighted by atomic mass is 35.5. The number of nitrogens with zero attached hydrogens (tertiary/aromatic N) is 2. The smallest absolute Gasteiger partial charge is 0.338 e. The number of rotatable bonds is 10. The lowest BCUT2D eigenvalue weighted by Crippen LogP contribution is -2.32. The molecule has 2 aromatic carbocycles. The predicted octanol–water partition coefficient (Wildman–Crippen LogP) is 5.08. The summed E-state index contributed by atoms with van der Waals surface area (Å²) in [6.45, 7) is 7.75. The van der Waals surface area contributed by atoms with Crippen LogP contribution in [0, 0.1) is 0 Å². The quantitative estimate of drug-likeness (QED) is 0.399. The Morgan fingerprint density at radius 1 is 0.973 bits per heavy atom. The molecule has 0 bridgehead atoms. The van der Waals surface area contributed by atoms with Crippen LogP contribution in [0.3, 0.4) is 0 Å². The second-order valence-electron chi connectivity index (χ2n) is 8.66. The molecule has 1 fully saturated rings. The minimum absolute atomic E-state index is 0. The van der Waals surface area contributed by atoms with Crippen LogP contribution < -0.4 is 5.32 Å². The third kappa shape index (κ3) is 8.41. The van der Waals surface area contributed by atoms with Gasteiger partial charge in [-0.25, -0.2) is 13.2 Å². The first-order chi connectivity index (χ1) is 17.3. The average Bonchev–Trinajstić information content (AvgIpc) is 3.17. The van der Waals surface area contributed by atoms with Crippen molar-refractivity contribution in [3.8, 4) is 0 Å². The van der Waals surface area contributed by atoms with E-state index < -0.39 is 21.9 Å². The normalized spacial score (nSPS) is 14.5. The molecule has 1 aliphatic rings. The number of anilines is 1. The van der Waals surface area contributed by atoms with E-state index in [9.17, 15) is 18.0 Å². The van der Waals surface area contributed by atoms with Crippen molar-refractivity contribution in [2.75, 3.05) is 44.6 Å². The Balaban J connectivity index is 0.00000481. The fourth-order valence-corrected chi connectivity index (χ4v) is 6.06. The molecule has 8 nitrogen and oxygen atoms in total. The minimum Gasteiger partial charge on any atom is -0.461 e. The van der Waals surface area contributed by atoms with Gasteiger partial charge >= 0.3 is 5.97 Å². The van der Waals surface area contributed by atoms with Gasteiger partial charge in [-0.05, 0) is 68.4 Å². The number of amides is 1. The second-order valence-corrected chi connectivity index (χ2v) is 11.0. The first-order valence-electron chi connectivity index (χ1n) is 12.4. The highest BCUT2D eigenvalue weighted by Gasteiger charge is 2.28. The Labute approximate surface area is 230 Å². The van der Waals surface area contributed by atoms with Gasteiger partial charge in [0.15, 0.2) is 0 Å². The molecule has 0 unspecified atom stereocenters. The molecule has 37 heavy (non-hydrogen) atoms. The molecule has 0 atom stereocenters. The van der Waals surface area contributed by atoms with Crippen LogP contribution in [0.4, 0.5) is 5.69 Å². The van der Waals surface area contributed by atoms with Crippen molar-refractivity contribution in [1.82, 2.24) is 9.21 Å². The lowest BCUT2D eigenvalue weighted by atomic mass is 10.2. The molecule has 2 aromatic rings. The fourth-order valence-electron chi connectivity index (χ4n) is 4.05. The molecule has 1 aliphatic heterocycles. The Bertz CT molecular complexity index is 1150. The van der Waals surface area contributed by atoms with Crippen LogP contribution in [0.1, 0.15) is 60.2 Å². The number of carbonyl (C=O) groups excluding carboxylic acids is 2. The van der Waals surface area contributed by atoms with Gasteiger partial charge in [0.25, 0.3) is 5.91 Å². The largest absolute Gasteiger partial charge is 0.461 e. The SMILES string of the molecule is CCN(CC)CCOC(=O)c1ccc(NC(=O)c2ccc(Cl)c(S(=O)(=O)N3CCCCCC3)c2)cc1.Cl. The van der Waals surface area contributed by atoms with E-state index in [2.05, 4.69) is 24.1 Å². The maximum atomic E-state index is 13.2. The van der Waals surface area contributed by atoms with Crippen LogP contribution in [0.2, 0.25) is 5.02 Å². The molecule has 3 rings (SSSR count). The molecule has 1 amide bonds. The van der Waals surface area contributed by atoms with Crippen LogP contribution in [0.25, 0.3) is 0 Å². The summed E-state index contributed by atoms with van der Waals surface area (Å²) < 4.78 is 33.2. The van der Waals surface area contributed by atoms with Crippen LogP contribution >= 0.6 is 24.0 Å². The van der Waals surface area contributed by atoms with Crippen molar-refractivity contribution >= 4 is 51.6 Å². The number of likely N-dealkylation sites (N-methyl/N-ethyl adjacent to an activating group) is 1. The Kier molecular flexibility index (Phi) is 12.3. The molecule has 11 heteroatoms. The Morgan fingerprint density at radius 3 is 2.16 bits per heavy atom. The topological polar surface area (TPSA) is 96.0 Å². The molecule has 204 valence electrons. The summed E-state index contributed by atoms with van der Waals surface area (Å²) in [6.07, 6.45) is 3.59. The van der Waals surface area contributed by atoms with Crippen LogP contribution in [0.15, 0.2) is 47.4 Å². The number of ether oxygens (including phenoxy) is 1. The Hall–Kier alpha value is -2.17. The first-order valence-corrected chi connectivity index (χ1v) is 14.2. The van der Waals surface area contributed by atoms with Crippen molar-refractivity contribution in [2.45, 2.75) is 44.4 Å². The van der Waals surface area contributed by atoms with E-state index in [0.29, 0.717) is 37.5 Å². The molecule has 1 heterocycles. The molecule has 1 saturated heterocycles. The van der Waals surface area contributed by atoms with E-state index in [4.69, 9.17) is 16.3 Å². The molecule has 0 radical (unpaired) electrons. The molecule has 0 aliphatic carbocycles. The average molecular weight is 573 g/mol. The van der Waals surface area contributed by atoms with E-state index in [1.54, 1.807) is 24.3 Å². The number of benzene rings is 2. The number of sulfonamides is 1. The van der Waals surface area contributed by atoms with Crippen molar-refractivity contribution < 1.29 is 22.7 Å². The molecular weight excluding hydrogens is 537 g/mol. The molecular formula is C26H35Cl2N3O5S. The van der Waals surface area contributed by atoms with Gasteiger partial charge in [0.05, 0.1) is 10.6 Å². The maximum Gasteiger partial charge on any atom is 0.338 e. The van der Waals surface area contributed by atoms with Crippen molar-refractivity contribution in [2.24, 2.45) is 0 Å². The van der Waals surface area contributed by atoms with Gasteiger partial charge in [0.1, 0.15) is 11.5 Å². The van der Waals surface area contributed by atoms with E-state index in [1.165, 1.54) is 22.5 Å². The van der Waals surface area contributed by atoms with Crippen molar-refractivity contribution in [3.05, 3.63) is 58.6 Å². The zero-order valence-electron chi connectivity index (χ0n) is 21.2. The summed E-state index contributed by atoms with van der Waals surface area (Å²) in [5.74, 6) is -0.908. The lowest BCUT2D eigenvalue weighted by Gasteiger charge is -2.21. The molecule has 0 saturated carbocycles. The second kappa shape index (κ2) is 14.7. The van der Waals surface area contributed by atoms with Gasteiger partial charge in [-0.1, -0.05) is 38.3 Å². The summed E-state index contributed by atoms with van der Waals surface area (Å²) in [5.41, 5.74) is 1.02. The number of nitrogens with one attached hydrogen (secondary N) is 1. The number of esters is 1. The van der Waals surface area contributed by atoms with Crippen LogP contribution in [0.5, 0.6) is 0 Å². The van der Waals surface area contributed by atoms with E-state index in [0.717, 1.165) is 38.8 Å². The van der Waals surface area contributed by atoms with E-state index in [-0.39, 0.29) is 27.9 Å². The van der Waals surface area contributed by atoms with Gasteiger partial charge in [-0.3, -0.25) is 4.79 Å².